The van der Waals surface area contributed by atoms with Gasteiger partial charge in [0.15, 0.2) is 5.11 Å². The van der Waals surface area contributed by atoms with E-state index in [2.05, 4.69) is 20.1 Å². The predicted octanol–water partition coefficient (Wildman–Crippen LogP) is 0.287. The van der Waals surface area contributed by atoms with Gasteiger partial charge in [-0.25, -0.2) is 9.59 Å². The molecule has 0 rings (SSSR count). The zero-order valence-corrected chi connectivity index (χ0v) is 14.7. The van der Waals surface area contributed by atoms with Crippen LogP contribution >= 0.6 is 12.2 Å². The molecule has 0 aliphatic rings. The minimum Gasteiger partial charge on any atom is -0.469 e. The van der Waals surface area contributed by atoms with E-state index in [0.717, 1.165) is 6.42 Å². The van der Waals surface area contributed by atoms with Gasteiger partial charge in [-0.3, -0.25) is 4.79 Å². The Hall–Kier alpha value is -1.90. The number of hydrogen-bond donors (Lipinski definition) is 2. The lowest BCUT2D eigenvalue weighted by molar-refractivity contribution is -0.144. The van der Waals surface area contributed by atoms with Crippen molar-refractivity contribution in [3.63, 3.8) is 0 Å². The Morgan fingerprint density at radius 2 is 1.39 bits per heavy atom. The van der Waals surface area contributed by atoms with Crippen LogP contribution in [0.2, 0.25) is 0 Å². The van der Waals surface area contributed by atoms with Crippen LogP contribution < -0.4 is 10.6 Å². The third kappa shape index (κ3) is 8.34. The molecule has 0 amide bonds. The van der Waals surface area contributed by atoms with Crippen LogP contribution in [0.15, 0.2) is 0 Å². The number of carbonyl (C=O) groups is 3. The maximum Gasteiger partial charge on any atom is 0.328 e. The maximum atomic E-state index is 11.7. The highest BCUT2D eigenvalue weighted by molar-refractivity contribution is 7.80. The summed E-state index contributed by atoms with van der Waals surface area (Å²) in [5, 5.41) is 5.65. The predicted molar refractivity (Wildman–Crippen MR) is 86.6 cm³/mol. The smallest absolute Gasteiger partial charge is 0.328 e. The van der Waals surface area contributed by atoms with Gasteiger partial charge < -0.3 is 24.8 Å². The first-order valence-electron chi connectivity index (χ1n) is 7.19. The van der Waals surface area contributed by atoms with Gasteiger partial charge in [0.05, 0.1) is 21.3 Å². The van der Waals surface area contributed by atoms with Gasteiger partial charge in [0, 0.05) is 6.42 Å². The van der Waals surface area contributed by atoms with Gasteiger partial charge >= 0.3 is 17.9 Å². The van der Waals surface area contributed by atoms with Crippen molar-refractivity contribution < 1.29 is 28.6 Å². The molecule has 132 valence electrons. The fourth-order valence-electron chi connectivity index (χ4n) is 1.79. The van der Waals surface area contributed by atoms with Gasteiger partial charge in [0.25, 0.3) is 0 Å². The zero-order valence-electron chi connectivity index (χ0n) is 13.8. The van der Waals surface area contributed by atoms with Gasteiger partial charge in [-0.1, -0.05) is 13.3 Å². The first kappa shape index (κ1) is 21.1. The molecule has 0 aromatic heterocycles. The lowest BCUT2D eigenvalue weighted by Crippen LogP contribution is -2.51. The van der Waals surface area contributed by atoms with E-state index in [1.807, 2.05) is 6.92 Å². The minimum absolute atomic E-state index is 0.0290. The highest BCUT2D eigenvalue weighted by atomic mass is 32.1. The van der Waals surface area contributed by atoms with Gasteiger partial charge in [0.1, 0.15) is 12.1 Å². The molecular weight excluding hydrogens is 324 g/mol. The van der Waals surface area contributed by atoms with E-state index in [-0.39, 0.29) is 18.0 Å². The monoisotopic (exact) mass is 348 g/mol. The van der Waals surface area contributed by atoms with E-state index >= 15 is 0 Å². The lowest BCUT2D eigenvalue weighted by atomic mass is 10.1. The molecule has 0 fully saturated rings. The number of thiocarbonyl (C=S) groups is 1. The van der Waals surface area contributed by atoms with Crippen LogP contribution in [0.5, 0.6) is 0 Å². The summed E-state index contributed by atoms with van der Waals surface area (Å²) in [6, 6.07) is -1.43. The number of esters is 3. The van der Waals surface area contributed by atoms with E-state index in [4.69, 9.17) is 17.0 Å². The van der Waals surface area contributed by atoms with Crippen molar-refractivity contribution in [2.45, 2.75) is 44.7 Å². The minimum atomic E-state index is -0.820. The summed E-state index contributed by atoms with van der Waals surface area (Å²) in [6.45, 7) is 1.92. The van der Waals surface area contributed by atoms with Crippen molar-refractivity contribution in [1.82, 2.24) is 10.6 Å². The number of carbonyl (C=O) groups excluding carboxylic acids is 3. The van der Waals surface area contributed by atoms with E-state index < -0.39 is 30.0 Å². The molecule has 9 heteroatoms. The van der Waals surface area contributed by atoms with Crippen molar-refractivity contribution in [2.75, 3.05) is 21.3 Å². The van der Waals surface area contributed by atoms with Gasteiger partial charge in [-0.05, 0) is 25.1 Å². The zero-order chi connectivity index (χ0) is 17.8. The molecule has 0 aromatic rings. The summed E-state index contributed by atoms with van der Waals surface area (Å²) < 4.78 is 13.9. The normalized spacial score (nSPS) is 12.5. The van der Waals surface area contributed by atoms with E-state index in [1.54, 1.807) is 0 Å². The Bertz CT molecular complexity index is 429. The second kappa shape index (κ2) is 11.6. The highest BCUT2D eigenvalue weighted by Gasteiger charge is 2.24. The van der Waals surface area contributed by atoms with E-state index in [9.17, 15) is 14.4 Å². The largest absolute Gasteiger partial charge is 0.469 e. The summed E-state index contributed by atoms with van der Waals surface area (Å²) >= 11 is 5.11. The van der Waals surface area contributed by atoms with Crippen molar-refractivity contribution in [1.29, 1.82) is 0 Å². The Labute approximate surface area is 141 Å². The first-order valence-corrected chi connectivity index (χ1v) is 7.59. The SMILES string of the molecule is CCC[C@H](NC(=S)N[C@@H](CCC(=O)OC)C(=O)OC)C(=O)OC. The highest BCUT2D eigenvalue weighted by Crippen LogP contribution is 2.03. The molecule has 8 nitrogen and oxygen atoms in total. The van der Waals surface area contributed by atoms with Crippen molar-refractivity contribution >= 4 is 35.2 Å². The average molecular weight is 348 g/mol. The maximum absolute atomic E-state index is 11.7. The second-order valence-corrected chi connectivity index (χ2v) is 5.08. The van der Waals surface area contributed by atoms with Crippen molar-refractivity contribution in [3.05, 3.63) is 0 Å². The van der Waals surface area contributed by atoms with Gasteiger partial charge in [-0.2, -0.15) is 0 Å². The number of rotatable bonds is 9. The van der Waals surface area contributed by atoms with Crippen LogP contribution in [-0.2, 0) is 28.6 Å². The standard InChI is InChI=1S/C14H24N2O6S/c1-5-6-9(12(18)21-3)15-14(23)16-10(13(19)22-4)7-8-11(17)20-2/h9-10H,5-8H2,1-4H3,(H2,15,16,23)/t9-,10-/m0/s1. The van der Waals surface area contributed by atoms with Crippen LogP contribution in [0.3, 0.4) is 0 Å². The van der Waals surface area contributed by atoms with E-state index in [1.165, 1.54) is 21.3 Å². The Kier molecular flexibility index (Phi) is 10.7. The molecule has 0 unspecified atom stereocenters. The fraction of sp³-hybridized carbons (Fsp3) is 0.714. The summed E-state index contributed by atoms with van der Waals surface area (Å²) in [5.74, 6) is -1.46. The molecule has 0 saturated heterocycles. The molecule has 0 spiro atoms. The summed E-state index contributed by atoms with van der Waals surface area (Å²) in [6.07, 6.45) is 1.46. The summed E-state index contributed by atoms with van der Waals surface area (Å²) in [5.41, 5.74) is 0. The molecule has 0 aromatic carbocycles. The average Bonchev–Trinajstić information content (AvgIpc) is 2.56. The molecule has 23 heavy (non-hydrogen) atoms. The molecule has 0 radical (unpaired) electrons. The Morgan fingerprint density at radius 3 is 1.78 bits per heavy atom. The Balaban J connectivity index is 4.70. The number of methoxy groups -OCH3 is 3. The number of ether oxygens (including phenoxy) is 3. The molecule has 0 aliphatic heterocycles. The van der Waals surface area contributed by atoms with Crippen molar-refractivity contribution in [2.24, 2.45) is 0 Å². The Morgan fingerprint density at radius 1 is 0.913 bits per heavy atom. The quantitative estimate of drug-likeness (QED) is 0.345. The molecule has 0 saturated carbocycles. The summed E-state index contributed by atoms with van der Waals surface area (Å²) in [7, 11) is 3.79. The van der Waals surface area contributed by atoms with Gasteiger partial charge in [0.2, 0.25) is 0 Å². The van der Waals surface area contributed by atoms with Crippen molar-refractivity contribution in [3.8, 4) is 0 Å². The van der Waals surface area contributed by atoms with E-state index in [0.29, 0.717) is 6.42 Å². The second-order valence-electron chi connectivity index (χ2n) is 4.67. The van der Waals surface area contributed by atoms with Gasteiger partial charge in [-0.15, -0.1) is 0 Å². The third-order valence-electron chi connectivity index (χ3n) is 3.02. The molecule has 0 aliphatic carbocycles. The molecule has 0 heterocycles. The molecule has 2 N–H and O–H groups in total. The van der Waals surface area contributed by atoms with Crippen LogP contribution in [0.1, 0.15) is 32.6 Å². The topological polar surface area (TPSA) is 103 Å². The van der Waals surface area contributed by atoms with Crippen LogP contribution in [0.4, 0.5) is 0 Å². The summed E-state index contributed by atoms with van der Waals surface area (Å²) in [4.78, 5) is 34.6. The fourth-order valence-corrected chi connectivity index (χ4v) is 2.08. The van der Waals surface area contributed by atoms with Crippen LogP contribution in [-0.4, -0.2) is 56.4 Å². The van der Waals surface area contributed by atoms with Crippen LogP contribution in [0, 0.1) is 0 Å². The molecule has 2 atom stereocenters. The molecule has 0 bridgehead atoms. The van der Waals surface area contributed by atoms with Crippen LogP contribution in [0.25, 0.3) is 0 Å². The number of hydrogen-bond acceptors (Lipinski definition) is 7. The lowest BCUT2D eigenvalue weighted by Gasteiger charge is -2.22. The first-order chi connectivity index (χ1) is 10.9. The third-order valence-corrected chi connectivity index (χ3v) is 3.26. The molecular formula is C14H24N2O6S. The number of nitrogens with one attached hydrogen (secondary N) is 2.